The third-order valence-corrected chi connectivity index (χ3v) is 3.35. The maximum Gasteiger partial charge on any atom is 0.410 e. The summed E-state index contributed by atoms with van der Waals surface area (Å²) in [5.74, 6) is 0. The van der Waals surface area contributed by atoms with Gasteiger partial charge >= 0.3 is 6.09 Å². The summed E-state index contributed by atoms with van der Waals surface area (Å²) in [4.78, 5) is 13.8. The Labute approximate surface area is 96.6 Å². The average molecular weight is 227 g/mol. The molecule has 0 saturated carbocycles. The third kappa shape index (κ3) is 2.17. The first-order valence-corrected chi connectivity index (χ1v) is 6.08. The first-order valence-electron chi connectivity index (χ1n) is 6.08. The molecule has 2 heterocycles. The van der Waals surface area contributed by atoms with Gasteiger partial charge in [-0.15, -0.1) is 0 Å². The number of aliphatic hydroxyl groups is 1. The predicted molar refractivity (Wildman–Crippen MR) is 60.1 cm³/mol. The predicted octanol–water partition coefficient (Wildman–Crippen LogP) is 1.91. The fourth-order valence-corrected chi connectivity index (χ4v) is 2.76. The summed E-state index contributed by atoms with van der Waals surface area (Å²) in [6.45, 7) is 5.60. The van der Waals surface area contributed by atoms with Gasteiger partial charge in [-0.25, -0.2) is 4.79 Å². The largest absolute Gasteiger partial charge is 0.444 e. The number of carbonyl (C=O) groups excluding carboxylic acids is 1. The fourth-order valence-electron chi connectivity index (χ4n) is 2.76. The monoisotopic (exact) mass is 227 g/mol. The third-order valence-electron chi connectivity index (χ3n) is 3.35. The fraction of sp³-hybridized carbons (Fsp3) is 0.917. The van der Waals surface area contributed by atoms with Crippen molar-refractivity contribution in [1.82, 2.24) is 4.90 Å². The number of rotatable bonds is 0. The highest BCUT2D eigenvalue weighted by Crippen LogP contribution is 2.36. The van der Waals surface area contributed by atoms with Crippen molar-refractivity contribution >= 4 is 6.09 Å². The molecule has 1 N–H and O–H groups in total. The minimum atomic E-state index is -0.459. The van der Waals surface area contributed by atoms with E-state index >= 15 is 0 Å². The second-order valence-corrected chi connectivity index (χ2v) is 5.84. The van der Waals surface area contributed by atoms with Crippen molar-refractivity contribution in [2.45, 2.75) is 70.2 Å². The molecule has 1 amide bonds. The van der Waals surface area contributed by atoms with Crippen molar-refractivity contribution in [2.75, 3.05) is 0 Å². The second kappa shape index (κ2) is 3.91. The Hall–Kier alpha value is -0.770. The Balaban J connectivity index is 2.07. The van der Waals surface area contributed by atoms with Gasteiger partial charge in [0.15, 0.2) is 0 Å². The normalized spacial score (nSPS) is 34.0. The van der Waals surface area contributed by atoms with Crippen LogP contribution in [0.3, 0.4) is 0 Å². The molecule has 4 nitrogen and oxygen atoms in total. The van der Waals surface area contributed by atoms with Gasteiger partial charge in [-0.3, -0.25) is 4.90 Å². The molecule has 3 atom stereocenters. The SMILES string of the molecule is CC(C)(C)OC(=O)N1[C@H]2CCC[C@@H]1[C@@H](O)C2. The van der Waals surface area contributed by atoms with E-state index in [0.717, 1.165) is 19.3 Å². The van der Waals surface area contributed by atoms with Crippen LogP contribution in [0.25, 0.3) is 0 Å². The van der Waals surface area contributed by atoms with Crippen molar-refractivity contribution in [1.29, 1.82) is 0 Å². The average Bonchev–Trinajstić information content (AvgIpc) is 2.31. The van der Waals surface area contributed by atoms with Gasteiger partial charge in [-0.05, 0) is 46.5 Å². The summed E-state index contributed by atoms with van der Waals surface area (Å²) in [7, 11) is 0. The van der Waals surface area contributed by atoms with Crippen molar-refractivity contribution in [3.8, 4) is 0 Å². The number of hydrogen-bond acceptors (Lipinski definition) is 3. The summed E-state index contributed by atoms with van der Waals surface area (Å²) in [6.07, 6.45) is 3.08. The van der Waals surface area contributed by atoms with Gasteiger partial charge in [0.05, 0.1) is 12.1 Å². The standard InChI is InChI=1S/C12H21NO3/c1-12(2,3)16-11(15)13-8-5-4-6-9(13)10(14)7-8/h8-10,14H,4-7H2,1-3H3/t8-,9+,10-/m0/s1. The zero-order valence-corrected chi connectivity index (χ0v) is 10.3. The summed E-state index contributed by atoms with van der Waals surface area (Å²) in [5, 5.41) is 9.87. The molecule has 0 aromatic rings. The van der Waals surface area contributed by atoms with Crippen molar-refractivity contribution in [3.05, 3.63) is 0 Å². The van der Waals surface area contributed by atoms with E-state index in [1.807, 2.05) is 20.8 Å². The molecule has 0 aliphatic carbocycles. The molecule has 2 aliphatic rings. The van der Waals surface area contributed by atoms with Crippen molar-refractivity contribution in [2.24, 2.45) is 0 Å². The lowest BCUT2D eigenvalue weighted by atomic mass is 10.0. The van der Waals surface area contributed by atoms with Crippen LogP contribution in [-0.2, 0) is 4.74 Å². The number of nitrogens with zero attached hydrogens (tertiary/aromatic N) is 1. The van der Waals surface area contributed by atoms with Gasteiger partial charge in [-0.2, -0.15) is 0 Å². The van der Waals surface area contributed by atoms with E-state index < -0.39 is 5.60 Å². The molecule has 0 radical (unpaired) electrons. The van der Waals surface area contributed by atoms with Crippen LogP contribution in [0.2, 0.25) is 0 Å². The van der Waals surface area contributed by atoms with Crippen molar-refractivity contribution in [3.63, 3.8) is 0 Å². The summed E-state index contributed by atoms with van der Waals surface area (Å²) < 4.78 is 5.38. The van der Waals surface area contributed by atoms with Gasteiger partial charge in [0.1, 0.15) is 5.60 Å². The number of carbonyl (C=O) groups is 1. The van der Waals surface area contributed by atoms with Crippen molar-refractivity contribution < 1.29 is 14.6 Å². The minimum absolute atomic E-state index is 0.0198. The van der Waals surface area contributed by atoms with E-state index in [-0.39, 0.29) is 24.3 Å². The molecule has 0 aromatic heterocycles. The Morgan fingerprint density at radius 2 is 2.06 bits per heavy atom. The molecule has 92 valence electrons. The maximum absolute atomic E-state index is 12.0. The summed E-state index contributed by atoms with van der Waals surface area (Å²) in [5.41, 5.74) is -0.459. The Kier molecular flexibility index (Phi) is 2.86. The lowest BCUT2D eigenvalue weighted by Crippen LogP contribution is -2.48. The number of piperidine rings is 1. The molecule has 0 spiro atoms. The van der Waals surface area contributed by atoms with Gasteiger partial charge in [-0.1, -0.05) is 0 Å². The highest BCUT2D eigenvalue weighted by Gasteiger charge is 2.46. The summed E-state index contributed by atoms with van der Waals surface area (Å²) in [6, 6.07) is 0.164. The Morgan fingerprint density at radius 3 is 2.62 bits per heavy atom. The molecule has 0 aromatic carbocycles. The lowest BCUT2D eigenvalue weighted by molar-refractivity contribution is 0.000679. The molecule has 2 aliphatic heterocycles. The maximum atomic E-state index is 12.0. The molecular formula is C12H21NO3. The van der Waals surface area contributed by atoms with E-state index in [4.69, 9.17) is 4.74 Å². The van der Waals surface area contributed by atoms with Crippen LogP contribution in [0.1, 0.15) is 46.5 Å². The van der Waals surface area contributed by atoms with Gasteiger partial charge < -0.3 is 9.84 Å². The van der Waals surface area contributed by atoms with E-state index in [1.54, 1.807) is 4.90 Å². The van der Waals surface area contributed by atoms with E-state index in [9.17, 15) is 9.90 Å². The van der Waals surface area contributed by atoms with Crippen LogP contribution in [0.5, 0.6) is 0 Å². The number of hydrogen-bond donors (Lipinski definition) is 1. The molecule has 2 bridgehead atoms. The molecular weight excluding hydrogens is 206 g/mol. The van der Waals surface area contributed by atoms with Crippen LogP contribution in [0, 0.1) is 0 Å². The first kappa shape index (κ1) is 11.7. The number of aliphatic hydroxyl groups excluding tert-OH is 1. The zero-order valence-electron chi connectivity index (χ0n) is 10.3. The molecule has 2 rings (SSSR count). The van der Waals surface area contributed by atoms with Gasteiger partial charge in [0.25, 0.3) is 0 Å². The molecule has 4 heteroatoms. The van der Waals surface area contributed by atoms with Crippen LogP contribution in [-0.4, -0.2) is 39.9 Å². The quantitative estimate of drug-likeness (QED) is 0.687. The van der Waals surface area contributed by atoms with E-state index in [2.05, 4.69) is 0 Å². The molecule has 16 heavy (non-hydrogen) atoms. The Bertz CT molecular complexity index is 284. The highest BCUT2D eigenvalue weighted by atomic mass is 16.6. The first-order chi connectivity index (χ1) is 7.38. The van der Waals surface area contributed by atoms with Crippen LogP contribution in [0.4, 0.5) is 4.79 Å². The highest BCUT2D eigenvalue weighted by molar-refractivity contribution is 5.69. The van der Waals surface area contributed by atoms with Gasteiger partial charge in [0.2, 0.25) is 0 Å². The Morgan fingerprint density at radius 1 is 1.38 bits per heavy atom. The molecule has 2 saturated heterocycles. The number of amides is 1. The lowest BCUT2D eigenvalue weighted by Gasteiger charge is -2.36. The number of ether oxygens (including phenoxy) is 1. The van der Waals surface area contributed by atoms with Crippen LogP contribution >= 0.6 is 0 Å². The smallest absolute Gasteiger partial charge is 0.410 e. The minimum Gasteiger partial charge on any atom is -0.444 e. The van der Waals surface area contributed by atoms with Crippen LogP contribution in [0.15, 0.2) is 0 Å². The second-order valence-electron chi connectivity index (χ2n) is 5.84. The number of fused-ring (bicyclic) bond motifs is 2. The van der Waals surface area contributed by atoms with E-state index in [0.29, 0.717) is 6.42 Å². The van der Waals surface area contributed by atoms with E-state index in [1.165, 1.54) is 0 Å². The molecule has 0 unspecified atom stereocenters. The van der Waals surface area contributed by atoms with Crippen LogP contribution < -0.4 is 0 Å². The zero-order chi connectivity index (χ0) is 11.9. The summed E-state index contributed by atoms with van der Waals surface area (Å²) >= 11 is 0. The molecule has 2 fully saturated rings. The van der Waals surface area contributed by atoms with Gasteiger partial charge in [0, 0.05) is 6.04 Å². The topological polar surface area (TPSA) is 49.8 Å².